The second-order valence-corrected chi connectivity index (χ2v) is 8.22. The molecular formula is C22H34O3. The quantitative estimate of drug-likeness (QED) is 0.573. The molecule has 0 aromatic rings. The lowest BCUT2D eigenvalue weighted by molar-refractivity contribution is -0.145. The van der Waals surface area contributed by atoms with Crippen LogP contribution >= 0.6 is 0 Å². The van der Waals surface area contributed by atoms with Crippen LogP contribution in [-0.2, 0) is 9.53 Å². The summed E-state index contributed by atoms with van der Waals surface area (Å²) in [4.78, 5) is 11.6. The maximum atomic E-state index is 11.6. The Morgan fingerprint density at radius 2 is 2.12 bits per heavy atom. The van der Waals surface area contributed by atoms with E-state index in [0.29, 0.717) is 12.3 Å². The first-order valence-electron chi connectivity index (χ1n) is 9.56. The van der Waals surface area contributed by atoms with Crippen molar-refractivity contribution in [3.8, 4) is 0 Å². The fraction of sp³-hybridized carbons (Fsp3) is 0.682. The molecule has 0 radical (unpaired) electrons. The van der Waals surface area contributed by atoms with E-state index in [4.69, 9.17) is 4.74 Å². The Morgan fingerprint density at radius 1 is 1.44 bits per heavy atom. The Morgan fingerprint density at radius 3 is 2.72 bits per heavy atom. The maximum Gasteiger partial charge on any atom is 0.303 e. The smallest absolute Gasteiger partial charge is 0.303 e. The van der Waals surface area contributed by atoms with Crippen LogP contribution in [0.15, 0.2) is 35.5 Å². The Hall–Kier alpha value is -1.35. The highest BCUT2D eigenvalue weighted by Crippen LogP contribution is 2.48. The third-order valence-electron chi connectivity index (χ3n) is 6.05. The van der Waals surface area contributed by atoms with Crippen molar-refractivity contribution < 1.29 is 14.6 Å². The monoisotopic (exact) mass is 346 g/mol. The number of hydrogen-bond acceptors (Lipinski definition) is 3. The molecular weight excluding hydrogens is 312 g/mol. The molecule has 0 saturated heterocycles. The van der Waals surface area contributed by atoms with Crippen LogP contribution in [-0.4, -0.2) is 23.3 Å². The zero-order valence-electron chi connectivity index (χ0n) is 16.4. The van der Waals surface area contributed by atoms with Crippen LogP contribution in [0.1, 0.15) is 60.3 Å². The number of allylic oxidation sites excluding steroid dienone is 3. The van der Waals surface area contributed by atoms with Crippen molar-refractivity contribution in [2.24, 2.45) is 23.7 Å². The Bertz CT molecular complexity index is 568. The first kappa shape index (κ1) is 20.0. The van der Waals surface area contributed by atoms with E-state index in [0.717, 1.165) is 24.8 Å². The highest BCUT2D eigenvalue weighted by molar-refractivity contribution is 5.66. The second kappa shape index (κ2) is 8.35. The van der Waals surface area contributed by atoms with E-state index in [2.05, 4.69) is 46.4 Å². The van der Waals surface area contributed by atoms with Crippen molar-refractivity contribution in [3.63, 3.8) is 0 Å². The van der Waals surface area contributed by atoms with Crippen molar-refractivity contribution >= 4 is 5.97 Å². The molecule has 2 rings (SSSR count). The zero-order valence-corrected chi connectivity index (χ0v) is 16.4. The lowest BCUT2D eigenvalue weighted by Gasteiger charge is -2.32. The molecule has 2 aliphatic rings. The van der Waals surface area contributed by atoms with E-state index in [9.17, 15) is 9.90 Å². The van der Waals surface area contributed by atoms with Gasteiger partial charge < -0.3 is 9.84 Å². The van der Waals surface area contributed by atoms with Crippen LogP contribution in [0, 0.1) is 23.7 Å². The van der Waals surface area contributed by atoms with Gasteiger partial charge in [-0.05, 0) is 69.8 Å². The molecule has 1 N–H and O–H groups in total. The van der Waals surface area contributed by atoms with Gasteiger partial charge in [-0.2, -0.15) is 0 Å². The number of hydrogen-bond donors (Lipinski definition) is 1. The van der Waals surface area contributed by atoms with Crippen LogP contribution in [0.5, 0.6) is 0 Å². The van der Waals surface area contributed by atoms with Gasteiger partial charge in [0.1, 0.15) is 6.10 Å². The van der Waals surface area contributed by atoms with Crippen molar-refractivity contribution in [2.75, 3.05) is 0 Å². The highest BCUT2D eigenvalue weighted by atomic mass is 16.5. The molecule has 0 aromatic carbocycles. The normalized spacial score (nSPS) is 33.1. The van der Waals surface area contributed by atoms with Crippen LogP contribution in [0.2, 0.25) is 0 Å². The summed E-state index contributed by atoms with van der Waals surface area (Å²) in [6.45, 7) is 14.3. The molecule has 0 aromatic heterocycles. The third-order valence-corrected chi connectivity index (χ3v) is 6.05. The van der Waals surface area contributed by atoms with Crippen LogP contribution in [0.4, 0.5) is 0 Å². The van der Waals surface area contributed by atoms with Gasteiger partial charge in [-0.15, -0.1) is 0 Å². The van der Waals surface area contributed by atoms with Gasteiger partial charge in [-0.3, -0.25) is 4.79 Å². The lowest BCUT2D eigenvalue weighted by atomic mass is 9.76. The number of ether oxygens (including phenoxy) is 1. The molecule has 2 aliphatic carbocycles. The Labute approximate surface area is 152 Å². The minimum Gasteiger partial charge on any atom is -0.458 e. The zero-order chi connectivity index (χ0) is 18.7. The summed E-state index contributed by atoms with van der Waals surface area (Å²) >= 11 is 0. The molecule has 140 valence electrons. The molecule has 3 nitrogen and oxygen atoms in total. The van der Waals surface area contributed by atoms with E-state index in [-0.39, 0.29) is 29.8 Å². The molecule has 0 spiro atoms. The number of carbonyl (C=O) groups excluding carboxylic acids is 1. The Balaban J connectivity index is 2.23. The van der Waals surface area contributed by atoms with Crippen LogP contribution in [0.3, 0.4) is 0 Å². The predicted molar refractivity (Wildman–Crippen MR) is 102 cm³/mol. The number of aliphatic hydroxyl groups excluding tert-OH is 1. The fourth-order valence-electron chi connectivity index (χ4n) is 4.59. The number of aliphatic hydroxyl groups is 1. The maximum absolute atomic E-state index is 11.6. The minimum atomic E-state index is -0.400. The van der Waals surface area contributed by atoms with Gasteiger partial charge in [-0.25, -0.2) is 0 Å². The average Bonchev–Trinajstić information content (AvgIpc) is 2.86. The van der Waals surface area contributed by atoms with E-state index in [1.165, 1.54) is 18.1 Å². The van der Waals surface area contributed by atoms with Gasteiger partial charge in [0.25, 0.3) is 0 Å². The first-order valence-corrected chi connectivity index (χ1v) is 9.56. The number of esters is 1. The largest absolute Gasteiger partial charge is 0.458 e. The molecule has 25 heavy (non-hydrogen) atoms. The third kappa shape index (κ3) is 4.63. The summed E-state index contributed by atoms with van der Waals surface area (Å²) < 4.78 is 5.61. The van der Waals surface area contributed by atoms with Gasteiger partial charge in [0.15, 0.2) is 0 Å². The fourth-order valence-corrected chi connectivity index (χ4v) is 4.59. The highest BCUT2D eigenvalue weighted by Gasteiger charge is 2.46. The molecule has 0 unspecified atom stereocenters. The van der Waals surface area contributed by atoms with Gasteiger partial charge in [-0.1, -0.05) is 36.8 Å². The molecule has 0 heterocycles. The summed E-state index contributed by atoms with van der Waals surface area (Å²) in [5.41, 5.74) is 3.56. The van der Waals surface area contributed by atoms with Crippen molar-refractivity contribution in [2.45, 2.75) is 72.5 Å². The summed E-state index contributed by atoms with van der Waals surface area (Å²) in [7, 11) is 0. The van der Waals surface area contributed by atoms with Gasteiger partial charge in [0, 0.05) is 12.8 Å². The molecule has 3 heteroatoms. The average molecular weight is 347 g/mol. The van der Waals surface area contributed by atoms with E-state index < -0.39 is 6.10 Å². The number of fused-ring (bicyclic) bond motifs is 1. The van der Waals surface area contributed by atoms with Crippen molar-refractivity contribution in [1.82, 2.24) is 0 Å². The summed E-state index contributed by atoms with van der Waals surface area (Å²) in [5.74, 6) is 0.516. The SMILES string of the molecule is C=C1[C@@H](OC(C)=O)C[C@@H]([C@H](C)CCC=C(C)C)[C@@H](O)[C@@H]2C(C)=CC[C@@H]12. The van der Waals surface area contributed by atoms with Crippen molar-refractivity contribution in [1.29, 1.82) is 0 Å². The predicted octanol–water partition coefficient (Wildman–Crippen LogP) is 4.82. The summed E-state index contributed by atoms with van der Waals surface area (Å²) in [6, 6.07) is 0. The molecule has 1 saturated carbocycles. The molecule has 0 amide bonds. The van der Waals surface area contributed by atoms with Crippen LogP contribution in [0.25, 0.3) is 0 Å². The van der Waals surface area contributed by atoms with E-state index >= 15 is 0 Å². The number of carbonyl (C=O) groups is 1. The van der Waals surface area contributed by atoms with E-state index in [1.807, 2.05) is 0 Å². The molecule has 6 atom stereocenters. The lowest BCUT2D eigenvalue weighted by Crippen LogP contribution is -2.34. The van der Waals surface area contributed by atoms with E-state index in [1.54, 1.807) is 0 Å². The van der Waals surface area contributed by atoms with Gasteiger partial charge in [0.2, 0.25) is 0 Å². The standard InChI is InChI=1S/C22H34O3/c1-13(2)8-7-9-14(3)19-12-20(25-17(6)23)16(5)18-11-10-15(4)21(18)22(19)24/h8,10,14,18-22,24H,5,7,9,11-12H2,1-4,6H3/t14-,18+,19+,20+,21-,22-/m1/s1. The second-order valence-electron chi connectivity index (χ2n) is 8.22. The van der Waals surface area contributed by atoms with Crippen molar-refractivity contribution in [3.05, 3.63) is 35.5 Å². The van der Waals surface area contributed by atoms with Gasteiger partial charge >= 0.3 is 5.97 Å². The first-order chi connectivity index (χ1) is 11.7. The summed E-state index contributed by atoms with van der Waals surface area (Å²) in [6.07, 6.45) is 7.41. The minimum absolute atomic E-state index is 0.114. The number of rotatable bonds is 5. The topological polar surface area (TPSA) is 46.5 Å². The molecule has 0 bridgehead atoms. The van der Waals surface area contributed by atoms with Gasteiger partial charge in [0.05, 0.1) is 6.10 Å². The Kier molecular flexibility index (Phi) is 6.67. The molecule has 1 fully saturated rings. The van der Waals surface area contributed by atoms with Crippen LogP contribution < -0.4 is 0 Å². The summed E-state index contributed by atoms with van der Waals surface area (Å²) in [5, 5.41) is 11.2. The molecule has 0 aliphatic heterocycles.